The summed E-state index contributed by atoms with van der Waals surface area (Å²) in [4.78, 5) is 16.3. The number of ether oxygens (including phenoxy) is 1. The molecule has 3 rings (SSSR count). The molecule has 29 heavy (non-hydrogen) atoms. The van der Waals surface area contributed by atoms with Crippen LogP contribution in [0.3, 0.4) is 0 Å². The number of benzene rings is 2. The number of rotatable bonds is 7. The van der Waals surface area contributed by atoms with Crippen molar-refractivity contribution >= 4 is 40.3 Å². The predicted molar refractivity (Wildman–Crippen MR) is 107 cm³/mol. The van der Waals surface area contributed by atoms with E-state index in [4.69, 9.17) is 9.05 Å². The Morgan fingerprint density at radius 3 is 2.59 bits per heavy atom. The Balaban J connectivity index is 2.07. The van der Waals surface area contributed by atoms with Crippen molar-refractivity contribution in [3.05, 3.63) is 53.3 Å². The van der Waals surface area contributed by atoms with E-state index in [0.717, 1.165) is 11.3 Å². The number of phenolic OH excluding ortho intramolecular Hbond substituents is 1. The first-order valence-corrected chi connectivity index (χ1v) is 10.7. The van der Waals surface area contributed by atoms with Gasteiger partial charge in [0, 0.05) is 14.2 Å². The number of halogens is 1. The zero-order chi connectivity index (χ0) is 21.2. The highest BCUT2D eigenvalue weighted by Gasteiger charge is 2.37. The van der Waals surface area contributed by atoms with Crippen LogP contribution in [0.1, 0.15) is 21.7 Å². The number of phenols is 1. The van der Waals surface area contributed by atoms with Crippen molar-refractivity contribution in [1.29, 1.82) is 0 Å². The van der Waals surface area contributed by atoms with E-state index in [1.54, 1.807) is 0 Å². The van der Waals surface area contributed by atoms with Crippen LogP contribution in [-0.4, -0.2) is 37.4 Å². The quantitative estimate of drug-likeness (QED) is 0.408. The third-order valence-electron chi connectivity index (χ3n) is 4.18. The molecule has 0 aliphatic carbocycles. The van der Waals surface area contributed by atoms with Crippen molar-refractivity contribution in [2.75, 3.05) is 26.6 Å². The maximum absolute atomic E-state index is 13.5. The number of esters is 1. The van der Waals surface area contributed by atoms with Crippen molar-refractivity contribution in [2.24, 2.45) is 0 Å². The molecule has 0 saturated heterocycles. The second-order valence-electron chi connectivity index (χ2n) is 5.85. The molecule has 154 valence electrons. The Morgan fingerprint density at radius 1 is 1.21 bits per heavy atom. The van der Waals surface area contributed by atoms with Gasteiger partial charge in [0.05, 0.1) is 17.3 Å². The fraction of sp³-hybridized carbons (Fsp3) is 0.222. The molecule has 8 nitrogen and oxygen atoms in total. The molecule has 0 fully saturated rings. The highest BCUT2D eigenvalue weighted by Crippen LogP contribution is 2.60. The molecule has 11 heteroatoms. The molecule has 0 radical (unpaired) electrons. The first-order chi connectivity index (χ1) is 13.8. The van der Waals surface area contributed by atoms with E-state index >= 15 is 0 Å². The van der Waals surface area contributed by atoms with Gasteiger partial charge in [0.2, 0.25) is 0 Å². The van der Waals surface area contributed by atoms with E-state index in [1.807, 2.05) is 0 Å². The number of fused-ring (bicyclic) bond motifs is 1. The zero-order valence-corrected chi connectivity index (χ0v) is 17.4. The monoisotopic (exact) mass is 440 g/mol. The normalized spacial score (nSPS) is 12.7. The van der Waals surface area contributed by atoms with Crippen LogP contribution in [0.4, 0.5) is 9.52 Å². The topological polar surface area (TPSA) is 107 Å². The number of hydrogen-bond acceptors (Lipinski definition) is 9. The van der Waals surface area contributed by atoms with Crippen molar-refractivity contribution in [1.82, 2.24) is 4.98 Å². The fourth-order valence-corrected chi connectivity index (χ4v) is 5.09. The summed E-state index contributed by atoms with van der Waals surface area (Å²) in [7, 11) is -0.116. The van der Waals surface area contributed by atoms with Gasteiger partial charge >= 0.3 is 13.6 Å². The molecule has 0 aliphatic rings. The van der Waals surface area contributed by atoms with Crippen molar-refractivity contribution in [3.8, 4) is 5.75 Å². The molecule has 2 aromatic carbocycles. The number of carbonyl (C=O) groups is 1. The maximum Gasteiger partial charge on any atom is 0.356 e. The number of hydrogen-bond donors (Lipinski definition) is 2. The smallest absolute Gasteiger partial charge is 0.356 e. The van der Waals surface area contributed by atoms with Gasteiger partial charge in [-0.05, 0) is 35.9 Å². The fourth-order valence-electron chi connectivity index (χ4n) is 2.70. The van der Waals surface area contributed by atoms with Gasteiger partial charge in [-0.2, -0.15) is 0 Å². The Hall–Kier alpha value is -2.52. The lowest BCUT2D eigenvalue weighted by molar-refractivity contribution is 0.0597. The molecular weight excluding hydrogens is 422 g/mol. The van der Waals surface area contributed by atoms with E-state index in [9.17, 15) is 18.9 Å². The van der Waals surface area contributed by atoms with Crippen LogP contribution in [0.5, 0.6) is 5.75 Å². The van der Waals surface area contributed by atoms with Gasteiger partial charge in [-0.15, -0.1) is 0 Å². The van der Waals surface area contributed by atoms with Gasteiger partial charge in [-0.1, -0.05) is 17.4 Å². The van der Waals surface area contributed by atoms with Crippen molar-refractivity contribution in [2.45, 2.75) is 5.78 Å². The van der Waals surface area contributed by atoms with Crippen LogP contribution in [0.25, 0.3) is 10.2 Å². The van der Waals surface area contributed by atoms with Crippen LogP contribution < -0.4 is 5.32 Å². The van der Waals surface area contributed by atoms with Gasteiger partial charge in [-0.25, -0.2) is 14.2 Å². The molecule has 0 bridgehead atoms. The summed E-state index contributed by atoms with van der Waals surface area (Å²) in [6, 6.07) is 8.24. The molecule has 0 aliphatic heterocycles. The number of nitrogens with zero attached hydrogens (tertiary/aromatic N) is 1. The third-order valence-corrected chi connectivity index (χ3v) is 7.20. The Labute approximate surface area is 169 Å². The van der Waals surface area contributed by atoms with Gasteiger partial charge in [0.15, 0.2) is 10.9 Å². The highest BCUT2D eigenvalue weighted by atomic mass is 32.1. The Morgan fingerprint density at radius 2 is 1.93 bits per heavy atom. The lowest BCUT2D eigenvalue weighted by atomic mass is 10.1. The number of thiazole rings is 1. The molecule has 2 N–H and O–H groups in total. The molecule has 1 unspecified atom stereocenters. The number of nitrogens with one attached hydrogen (secondary N) is 1. The summed E-state index contributed by atoms with van der Waals surface area (Å²) in [5.74, 6) is -2.51. The van der Waals surface area contributed by atoms with E-state index in [2.05, 4.69) is 15.0 Å². The SMILES string of the molecule is COC(=O)c1cc(C(Nc2nc3ccc(F)cc3s2)P(=O)(OC)OC)ccc1O. The minimum absolute atomic E-state index is 0.109. The number of aromatic hydroxyl groups is 1. The number of anilines is 1. The second kappa shape index (κ2) is 8.46. The summed E-state index contributed by atoms with van der Waals surface area (Å²) < 4.78 is 42.2. The molecule has 3 aromatic rings. The lowest BCUT2D eigenvalue weighted by Gasteiger charge is -2.25. The minimum atomic E-state index is -3.76. The average Bonchev–Trinajstić information content (AvgIpc) is 3.13. The van der Waals surface area contributed by atoms with E-state index < -0.39 is 25.2 Å². The largest absolute Gasteiger partial charge is 0.507 e. The number of methoxy groups -OCH3 is 1. The molecule has 1 atom stereocenters. The summed E-state index contributed by atoms with van der Waals surface area (Å²) >= 11 is 1.15. The highest BCUT2D eigenvalue weighted by molar-refractivity contribution is 7.54. The van der Waals surface area contributed by atoms with E-state index in [-0.39, 0.29) is 11.3 Å². The lowest BCUT2D eigenvalue weighted by Crippen LogP contribution is -2.14. The minimum Gasteiger partial charge on any atom is -0.507 e. The van der Waals surface area contributed by atoms with Crippen molar-refractivity contribution < 1.29 is 32.6 Å². The molecule has 0 saturated carbocycles. The standard InChI is InChI=1S/C18H18FN2O6PS/c1-25-17(23)12-8-10(4-7-14(12)22)16(28(24,26-2)27-3)21-18-20-13-6-5-11(19)9-15(13)29-18/h4-9,16,22H,1-3H3,(H,20,21). The van der Waals surface area contributed by atoms with Crippen LogP contribution in [0.15, 0.2) is 36.4 Å². The third kappa shape index (κ3) is 4.25. The number of aromatic nitrogens is 1. The van der Waals surface area contributed by atoms with Crippen LogP contribution in [0, 0.1) is 5.82 Å². The summed E-state index contributed by atoms with van der Waals surface area (Å²) in [5, 5.41) is 13.3. The van der Waals surface area contributed by atoms with E-state index in [0.29, 0.717) is 20.9 Å². The van der Waals surface area contributed by atoms with Crippen LogP contribution in [-0.2, 0) is 18.3 Å². The summed E-state index contributed by atoms with van der Waals surface area (Å²) in [5.41, 5.74) is 0.783. The Bertz CT molecular complexity index is 1100. The van der Waals surface area contributed by atoms with Crippen molar-refractivity contribution in [3.63, 3.8) is 0 Å². The molecule has 0 amide bonds. The summed E-state index contributed by atoms with van der Waals surface area (Å²) in [6.45, 7) is 0. The molecule has 0 spiro atoms. The molecular formula is C18H18FN2O6PS. The summed E-state index contributed by atoms with van der Waals surface area (Å²) in [6.07, 6.45) is 0. The first kappa shape index (κ1) is 21.2. The van der Waals surface area contributed by atoms with Gasteiger partial charge in [0.1, 0.15) is 17.1 Å². The Kier molecular flexibility index (Phi) is 6.18. The molecule has 1 heterocycles. The van der Waals surface area contributed by atoms with E-state index in [1.165, 1.54) is 57.7 Å². The average molecular weight is 440 g/mol. The second-order valence-corrected chi connectivity index (χ2v) is 9.21. The van der Waals surface area contributed by atoms with Gasteiger partial charge < -0.3 is 24.2 Å². The van der Waals surface area contributed by atoms with Gasteiger partial charge in [-0.3, -0.25) is 4.57 Å². The first-order valence-electron chi connectivity index (χ1n) is 8.26. The van der Waals surface area contributed by atoms with Crippen LogP contribution in [0.2, 0.25) is 0 Å². The molecule has 1 aromatic heterocycles. The maximum atomic E-state index is 13.5. The zero-order valence-electron chi connectivity index (χ0n) is 15.7. The predicted octanol–water partition coefficient (Wildman–Crippen LogP) is 4.52. The van der Waals surface area contributed by atoms with Crippen LogP contribution >= 0.6 is 18.9 Å². The number of carbonyl (C=O) groups excluding carboxylic acids is 1. The van der Waals surface area contributed by atoms with Gasteiger partial charge in [0.25, 0.3) is 0 Å².